The third kappa shape index (κ3) is 2.70. The Hall–Kier alpha value is -1.02. The van der Waals surface area contributed by atoms with E-state index in [2.05, 4.69) is 5.32 Å². The van der Waals surface area contributed by atoms with Gasteiger partial charge in [0.25, 0.3) is 5.91 Å². The van der Waals surface area contributed by atoms with Gasteiger partial charge in [0.15, 0.2) is 6.10 Å². The first-order valence-corrected chi connectivity index (χ1v) is 8.21. The molecule has 6 nitrogen and oxygen atoms in total. The van der Waals surface area contributed by atoms with Crippen LogP contribution >= 0.6 is 23.2 Å². The van der Waals surface area contributed by atoms with Crippen molar-refractivity contribution in [2.24, 2.45) is 0 Å². The van der Waals surface area contributed by atoms with Gasteiger partial charge >= 0.3 is 0 Å². The van der Waals surface area contributed by atoms with Gasteiger partial charge in [-0.3, -0.25) is 4.79 Å². The molecule has 9 heteroatoms. The maximum Gasteiger partial charge on any atom is 0.261 e. The number of fused-ring (bicyclic) bond motifs is 1. The highest BCUT2D eigenvalue weighted by molar-refractivity contribution is 7.89. The second-order valence-electron chi connectivity index (χ2n) is 4.70. The first kappa shape index (κ1) is 16.4. The first-order valence-electron chi connectivity index (χ1n) is 6.01. The number of carbonyl (C=O) groups excluding carboxylic acids is 1. The Labute approximate surface area is 133 Å². The Bertz CT molecular complexity index is 704. The number of hydrogen-bond donors (Lipinski definition) is 1. The van der Waals surface area contributed by atoms with Crippen molar-refractivity contribution in [3.63, 3.8) is 0 Å². The largest absolute Gasteiger partial charge is 0.478 e. The van der Waals surface area contributed by atoms with E-state index < -0.39 is 16.1 Å². The summed E-state index contributed by atoms with van der Waals surface area (Å²) >= 11 is 12.1. The average molecular weight is 353 g/mol. The highest BCUT2D eigenvalue weighted by atomic mass is 35.5. The predicted molar refractivity (Wildman–Crippen MR) is 79.5 cm³/mol. The van der Waals surface area contributed by atoms with E-state index in [0.717, 1.165) is 4.31 Å². The highest BCUT2D eigenvalue weighted by Gasteiger charge is 2.34. The number of likely N-dealkylation sites (N-methyl/N-ethyl adjacent to an activating group) is 1. The molecular weight excluding hydrogens is 339 g/mol. The fourth-order valence-corrected chi connectivity index (χ4v) is 3.76. The van der Waals surface area contributed by atoms with Crippen molar-refractivity contribution < 1.29 is 17.9 Å². The van der Waals surface area contributed by atoms with Crippen LogP contribution in [0.2, 0.25) is 10.0 Å². The van der Waals surface area contributed by atoms with Gasteiger partial charge in [0.1, 0.15) is 15.7 Å². The predicted octanol–water partition coefficient (Wildman–Crippen LogP) is 1.29. The Morgan fingerprint density at radius 2 is 2.00 bits per heavy atom. The maximum atomic E-state index is 12.2. The van der Waals surface area contributed by atoms with Crippen molar-refractivity contribution in [3.8, 4) is 5.75 Å². The Morgan fingerprint density at radius 1 is 1.38 bits per heavy atom. The molecule has 0 saturated carbocycles. The second kappa shape index (κ2) is 5.64. The van der Waals surface area contributed by atoms with Gasteiger partial charge in [-0.15, -0.1) is 0 Å². The Balaban J connectivity index is 2.54. The number of nitrogens with zero attached hydrogens (tertiary/aromatic N) is 1. The summed E-state index contributed by atoms with van der Waals surface area (Å²) in [6, 6.07) is 1.40. The first-order chi connectivity index (χ1) is 9.70. The van der Waals surface area contributed by atoms with E-state index in [9.17, 15) is 13.2 Å². The van der Waals surface area contributed by atoms with Crippen LogP contribution in [0.5, 0.6) is 5.75 Å². The standard InChI is InChI=1S/C12H14Cl2N2O4S/c1-15-12(17)7-4-6-5-8(21(18,19)16(2)3)9(13)10(14)11(6)20-7/h5,7H,4H2,1-3H3,(H,15,17). The molecule has 2 rings (SSSR count). The molecule has 21 heavy (non-hydrogen) atoms. The zero-order valence-corrected chi connectivity index (χ0v) is 13.9. The van der Waals surface area contributed by atoms with Crippen molar-refractivity contribution >= 4 is 39.1 Å². The molecule has 1 aromatic rings. The van der Waals surface area contributed by atoms with Crippen LogP contribution in [0, 0.1) is 0 Å². The van der Waals surface area contributed by atoms with Crippen LogP contribution in [0.15, 0.2) is 11.0 Å². The van der Waals surface area contributed by atoms with Crippen molar-refractivity contribution in [2.45, 2.75) is 17.4 Å². The van der Waals surface area contributed by atoms with Crippen LogP contribution in [-0.2, 0) is 21.2 Å². The summed E-state index contributed by atoms with van der Waals surface area (Å²) in [6.07, 6.45) is -0.502. The molecule has 0 radical (unpaired) electrons. The van der Waals surface area contributed by atoms with E-state index in [1.54, 1.807) is 0 Å². The van der Waals surface area contributed by atoms with Crippen LogP contribution in [0.25, 0.3) is 0 Å². The third-order valence-corrected chi connectivity index (χ3v) is 5.97. The molecule has 1 N–H and O–H groups in total. The van der Waals surface area contributed by atoms with E-state index >= 15 is 0 Å². The molecule has 0 spiro atoms. The summed E-state index contributed by atoms with van der Waals surface area (Å²) in [6.45, 7) is 0. The number of benzene rings is 1. The number of halogens is 2. The molecule has 1 aliphatic heterocycles. The zero-order chi connectivity index (χ0) is 15.9. The minimum atomic E-state index is -3.73. The lowest BCUT2D eigenvalue weighted by Gasteiger charge is -2.15. The minimum absolute atomic E-state index is 0.000921. The number of sulfonamides is 1. The SMILES string of the molecule is CNC(=O)C1Cc2cc(S(=O)(=O)N(C)C)c(Cl)c(Cl)c2O1. The van der Waals surface area contributed by atoms with Crippen LogP contribution in [0.1, 0.15) is 5.56 Å². The molecule has 0 aromatic heterocycles. The summed E-state index contributed by atoms with van der Waals surface area (Å²) < 4.78 is 31.0. The molecule has 1 aliphatic rings. The van der Waals surface area contributed by atoms with Gasteiger partial charge in [-0.2, -0.15) is 0 Å². The molecule has 0 saturated heterocycles. The molecule has 1 amide bonds. The van der Waals surface area contributed by atoms with Gasteiger partial charge in [-0.05, 0) is 6.07 Å². The van der Waals surface area contributed by atoms with Gasteiger partial charge in [0.05, 0.1) is 5.02 Å². The summed E-state index contributed by atoms with van der Waals surface area (Å²) in [5.74, 6) is -0.0524. The van der Waals surface area contributed by atoms with E-state index in [-0.39, 0.29) is 33.0 Å². The van der Waals surface area contributed by atoms with E-state index in [4.69, 9.17) is 27.9 Å². The number of carbonyl (C=O) groups is 1. The van der Waals surface area contributed by atoms with Gasteiger partial charge in [0.2, 0.25) is 10.0 Å². The molecule has 0 bridgehead atoms. The fourth-order valence-electron chi connectivity index (χ4n) is 1.99. The zero-order valence-electron chi connectivity index (χ0n) is 11.6. The van der Waals surface area contributed by atoms with E-state index in [0.29, 0.717) is 5.56 Å². The van der Waals surface area contributed by atoms with E-state index in [1.165, 1.54) is 27.2 Å². The van der Waals surface area contributed by atoms with Gasteiger partial charge in [-0.1, -0.05) is 23.2 Å². The summed E-state index contributed by atoms with van der Waals surface area (Å²) in [5, 5.41) is 2.36. The van der Waals surface area contributed by atoms with Crippen molar-refractivity contribution in [1.82, 2.24) is 9.62 Å². The molecule has 1 atom stereocenters. The van der Waals surface area contributed by atoms with Crippen LogP contribution in [0.4, 0.5) is 0 Å². The lowest BCUT2D eigenvalue weighted by atomic mass is 10.1. The number of ether oxygens (including phenoxy) is 1. The lowest BCUT2D eigenvalue weighted by molar-refractivity contribution is -0.126. The van der Waals surface area contributed by atoms with Crippen molar-refractivity contribution in [3.05, 3.63) is 21.7 Å². The number of nitrogens with one attached hydrogen (secondary N) is 1. The lowest BCUT2D eigenvalue weighted by Crippen LogP contribution is -2.34. The summed E-state index contributed by atoms with van der Waals surface area (Å²) in [5.41, 5.74) is 0.540. The fraction of sp³-hybridized carbons (Fsp3) is 0.417. The van der Waals surface area contributed by atoms with Gasteiger partial charge < -0.3 is 10.1 Å². The molecule has 0 fully saturated rings. The summed E-state index contributed by atoms with van der Waals surface area (Å²) in [7, 11) is 0.556. The molecule has 1 heterocycles. The molecule has 0 aliphatic carbocycles. The van der Waals surface area contributed by atoms with Crippen LogP contribution < -0.4 is 10.1 Å². The Morgan fingerprint density at radius 3 is 2.52 bits per heavy atom. The molecular formula is C12H14Cl2N2O4S. The molecule has 116 valence electrons. The van der Waals surface area contributed by atoms with Gasteiger partial charge in [0, 0.05) is 33.1 Å². The topological polar surface area (TPSA) is 75.7 Å². The molecule has 1 unspecified atom stereocenters. The minimum Gasteiger partial charge on any atom is -0.478 e. The summed E-state index contributed by atoms with van der Waals surface area (Å²) in [4.78, 5) is 11.5. The third-order valence-electron chi connectivity index (χ3n) is 3.17. The Kier molecular flexibility index (Phi) is 4.39. The maximum absolute atomic E-state index is 12.2. The quantitative estimate of drug-likeness (QED) is 0.889. The smallest absolute Gasteiger partial charge is 0.261 e. The number of rotatable bonds is 3. The van der Waals surface area contributed by atoms with E-state index in [1.807, 2.05) is 0 Å². The normalized spacial score (nSPS) is 17.5. The van der Waals surface area contributed by atoms with Crippen molar-refractivity contribution in [2.75, 3.05) is 21.1 Å². The number of amides is 1. The molecule has 1 aromatic carbocycles. The van der Waals surface area contributed by atoms with Crippen LogP contribution in [-0.4, -0.2) is 45.9 Å². The highest BCUT2D eigenvalue weighted by Crippen LogP contribution is 2.44. The number of hydrogen-bond acceptors (Lipinski definition) is 4. The second-order valence-corrected chi connectivity index (χ2v) is 7.58. The van der Waals surface area contributed by atoms with Crippen molar-refractivity contribution in [1.29, 1.82) is 0 Å². The van der Waals surface area contributed by atoms with Gasteiger partial charge in [-0.25, -0.2) is 12.7 Å². The monoisotopic (exact) mass is 352 g/mol. The van der Waals surface area contributed by atoms with Crippen LogP contribution in [0.3, 0.4) is 0 Å². The average Bonchev–Trinajstić information content (AvgIpc) is 2.85.